The van der Waals surface area contributed by atoms with Crippen molar-refractivity contribution in [1.29, 1.82) is 0 Å². The lowest BCUT2D eigenvalue weighted by molar-refractivity contribution is 0.412. The first-order valence-electron chi connectivity index (χ1n) is 4.71. The maximum Gasteiger partial charge on any atom is 0.131 e. The Labute approximate surface area is 96.4 Å². The van der Waals surface area contributed by atoms with Gasteiger partial charge in [-0.1, -0.05) is 39.3 Å². The van der Waals surface area contributed by atoms with Gasteiger partial charge in [-0.05, 0) is 12.6 Å². The van der Waals surface area contributed by atoms with Crippen LogP contribution in [0, 0.1) is 0 Å². The average Bonchev–Trinajstić information content (AvgIpc) is 2.67. The fourth-order valence-electron chi connectivity index (χ4n) is 1.48. The second-order valence-corrected chi connectivity index (χ2v) is 4.05. The highest BCUT2D eigenvalue weighted by Gasteiger charge is 2.11. The Morgan fingerprint density at radius 1 is 1.27 bits per heavy atom. The largest absolute Gasteiger partial charge is 0.364 e. The van der Waals surface area contributed by atoms with E-state index >= 15 is 0 Å². The predicted octanol–water partition coefficient (Wildman–Crippen LogP) is 2.61. The molecule has 3 nitrogen and oxygen atoms in total. The summed E-state index contributed by atoms with van der Waals surface area (Å²) in [7, 11) is 0. The number of nitrogens with two attached hydrogens (primary N) is 1. The Morgan fingerprint density at radius 3 is 2.80 bits per heavy atom. The van der Waals surface area contributed by atoms with Crippen LogP contribution in [0.3, 0.4) is 0 Å². The predicted molar refractivity (Wildman–Crippen MR) is 62.4 cm³/mol. The second kappa shape index (κ2) is 4.59. The van der Waals surface area contributed by atoms with Crippen molar-refractivity contribution in [2.75, 3.05) is 6.54 Å². The van der Waals surface area contributed by atoms with Crippen LogP contribution in [0.2, 0.25) is 0 Å². The minimum absolute atomic E-state index is 0.573. The zero-order valence-electron chi connectivity index (χ0n) is 8.11. The number of hydrogen-bond acceptors (Lipinski definition) is 3. The third-order valence-electron chi connectivity index (χ3n) is 2.19. The van der Waals surface area contributed by atoms with Crippen molar-refractivity contribution in [2.24, 2.45) is 5.73 Å². The minimum atomic E-state index is 0.573. The molecular weight excluding hydrogens is 256 g/mol. The fraction of sp³-hybridized carbons (Fsp3) is 0.182. The quantitative estimate of drug-likeness (QED) is 0.929. The van der Waals surface area contributed by atoms with Gasteiger partial charge >= 0.3 is 0 Å². The molecule has 2 aromatic rings. The van der Waals surface area contributed by atoms with Gasteiger partial charge in [0, 0.05) is 22.0 Å². The molecule has 4 heteroatoms. The normalized spacial score (nSPS) is 10.5. The summed E-state index contributed by atoms with van der Waals surface area (Å²) in [5.41, 5.74) is 8.51. The van der Waals surface area contributed by atoms with Gasteiger partial charge in [-0.3, -0.25) is 0 Å². The fourth-order valence-corrected chi connectivity index (χ4v) is 1.97. The summed E-state index contributed by atoms with van der Waals surface area (Å²) < 4.78 is 6.01. The highest BCUT2D eigenvalue weighted by molar-refractivity contribution is 9.10. The van der Waals surface area contributed by atoms with Crippen LogP contribution < -0.4 is 5.73 Å². The van der Waals surface area contributed by atoms with Crippen molar-refractivity contribution >= 4 is 15.9 Å². The molecule has 0 saturated heterocycles. The Hall–Kier alpha value is -1.13. The van der Waals surface area contributed by atoms with E-state index in [1.807, 2.05) is 24.3 Å². The number of aromatic nitrogens is 1. The van der Waals surface area contributed by atoms with Gasteiger partial charge in [0.2, 0.25) is 0 Å². The lowest BCUT2D eigenvalue weighted by Crippen LogP contribution is -2.03. The summed E-state index contributed by atoms with van der Waals surface area (Å²) in [5.74, 6) is 0. The molecule has 0 aliphatic carbocycles. The molecule has 0 saturated carbocycles. The van der Waals surface area contributed by atoms with Crippen LogP contribution in [0.1, 0.15) is 5.69 Å². The summed E-state index contributed by atoms with van der Waals surface area (Å²) in [6.07, 6.45) is 2.39. The summed E-state index contributed by atoms with van der Waals surface area (Å²) in [4.78, 5) is 0. The molecule has 0 bridgehead atoms. The lowest BCUT2D eigenvalue weighted by Gasteiger charge is -2.02. The van der Waals surface area contributed by atoms with E-state index in [0.29, 0.717) is 6.54 Å². The Balaban J connectivity index is 2.45. The molecule has 78 valence electrons. The summed E-state index contributed by atoms with van der Waals surface area (Å²) in [6, 6.07) is 7.98. The molecule has 0 spiro atoms. The standard InChI is InChI=1S/C11H11BrN2O/c12-10-4-2-1-3-8(10)9-7-15-14-11(9)5-6-13/h1-4,7H,5-6,13H2. The van der Waals surface area contributed by atoms with Crippen molar-refractivity contribution in [3.63, 3.8) is 0 Å². The monoisotopic (exact) mass is 266 g/mol. The molecule has 2 N–H and O–H groups in total. The van der Waals surface area contributed by atoms with Crippen LogP contribution in [-0.4, -0.2) is 11.7 Å². The van der Waals surface area contributed by atoms with E-state index in [2.05, 4.69) is 21.1 Å². The summed E-state index contributed by atoms with van der Waals surface area (Å²) >= 11 is 3.50. The molecule has 0 aliphatic rings. The minimum Gasteiger partial charge on any atom is -0.364 e. The third kappa shape index (κ3) is 2.11. The van der Waals surface area contributed by atoms with Crippen molar-refractivity contribution in [3.8, 4) is 11.1 Å². The maximum absolute atomic E-state index is 5.51. The van der Waals surface area contributed by atoms with E-state index in [4.69, 9.17) is 10.3 Å². The Bertz CT molecular complexity index is 453. The highest BCUT2D eigenvalue weighted by Crippen LogP contribution is 2.30. The van der Waals surface area contributed by atoms with Crippen LogP contribution in [-0.2, 0) is 6.42 Å². The molecule has 0 unspecified atom stereocenters. The second-order valence-electron chi connectivity index (χ2n) is 3.19. The highest BCUT2D eigenvalue weighted by atomic mass is 79.9. The smallest absolute Gasteiger partial charge is 0.131 e. The summed E-state index contributed by atoms with van der Waals surface area (Å²) in [6.45, 7) is 0.573. The molecule has 1 aromatic heterocycles. The first-order valence-corrected chi connectivity index (χ1v) is 5.50. The van der Waals surface area contributed by atoms with Gasteiger partial charge in [-0.15, -0.1) is 0 Å². The lowest BCUT2D eigenvalue weighted by atomic mass is 10.1. The number of rotatable bonds is 3. The van der Waals surface area contributed by atoms with Crippen molar-refractivity contribution in [3.05, 3.63) is 40.7 Å². The van der Waals surface area contributed by atoms with Crippen LogP contribution in [0.25, 0.3) is 11.1 Å². The van der Waals surface area contributed by atoms with Crippen LogP contribution >= 0.6 is 15.9 Å². The Kier molecular flexibility index (Phi) is 3.18. The molecule has 0 atom stereocenters. The van der Waals surface area contributed by atoms with Gasteiger partial charge in [0.25, 0.3) is 0 Å². The average molecular weight is 267 g/mol. The number of benzene rings is 1. The molecule has 2 rings (SSSR count). The van der Waals surface area contributed by atoms with Crippen molar-refractivity contribution in [2.45, 2.75) is 6.42 Å². The first-order chi connectivity index (χ1) is 7.33. The zero-order valence-corrected chi connectivity index (χ0v) is 9.70. The molecule has 0 aliphatic heterocycles. The molecule has 0 fully saturated rings. The van der Waals surface area contributed by atoms with E-state index in [9.17, 15) is 0 Å². The first kappa shape index (κ1) is 10.4. The Morgan fingerprint density at radius 2 is 2.07 bits per heavy atom. The molecule has 15 heavy (non-hydrogen) atoms. The van der Waals surface area contributed by atoms with Crippen molar-refractivity contribution in [1.82, 2.24) is 5.16 Å². The molecule has 0 radical (unpaired) electrons. The molecule has 1 aromatic carbocycles. The summed E-state index contributed by atoms with van der Waals surface area (Å²) in [5, 5.41) is 3.95. The molecule has 1 heterocycles. The van der Waals surface area contributed by atoms with Gasteiger partial charge in [0.05, 0.1) is 5.69 Å². The van der Waals surface area contributed by atoms with Crippen LogP contribution in [0.5, 0.6) is 0 Å². The maximum atomic E-state index is 5.51. The van der Waals surface area contributed by atoms with E-state index in [1.54, 1.807) is 6.26 Å². The third-order valence-corrected chi connectivity index (χ3v) is 2.88. The van der Waals surface area contributed by atoms with Gasteiger partial charge < -0.3 is 10.3 Å². The van der Waals surface area contributed by atoms with Crippen LogP contribution in [0.15, 0.2) is 39.5 Å². The number of nitrogens with zero attached hydrogens (tertiary/aromatic N) is 1. The van der Waals surface area contributed by atoms with E-state index in [1.165, 1.54) is 0 Å². The molecular formula is C11H11BrN2O. The zero-order chi connectivity index (χ0) is 10.7. The number of hydrogen-bond donors (Lipinski definition) is 1. The van der Waals surface area contributed by atoms with Gasteiger partial charge in [-0.2, -0.15) is 0 Å². The molecule has 0 amide bonds. The van der Waals surface area contributed by atoms with Crippen LogP contribution in [0.4, 0.5) is 0 Å². The van der Waals surface area contributed by atoms with E-state index in [0.717, 1.165) is 27.7 Å². The number of halogens is 1. The van der Waals surface area contributed by atoms with Crippen molar-refractivity contribution < 1.29 is 4.52 Å². The topological polar surface area (TPSA) is 52.0 Å². The SMILES string of the molecule is NCCc1nocc1-c1ccccc1Br. The van der Waals surface area contributed by atoms with E-state index in [-0.39, 0.29) is 0 Å². The van der Waals surface area contributed by atoms with E-state index < -0.39 is 0 Å². The van der Waals surface area contributed by atoms with Gasteiger partial charge in [0.1, 0.15) is 6.26 Å². The van der Waals surface area contributed by atoms with Gasteiger partial charge in [-0.25, -0.2) is 0 Å². The van der Waals surface area contributed by atoms with Gasteiger partial charge in [0.15, 0.2) is 0 Å².